The second kappa shape index (κ2) is 11.9. The van der Waals surface area contributed by atoms with Gasteiger partial charge >= 0.3 is 0 Å². The van der Waals surface area contributed by atoms with E-state index in [1.807, 2.05) is 23.6 Å². The van der Waals surface area contributed by atoms with Crippen molar-refractivity contribution in [3.05, 3.63) is 63.5 Å². The van der Waals surface area contributed by atoms with Crippen molar-refractivity contribution in [1.82, 2.24) is 4.98 Å². The minimum Gasteiger partial charge on any atom is -0.493 e. The van der Waals surface area contributed by atoms with E-state index in [1.54, 1.807) is 31.4 Å². The fourth-order valence-corrected chi connectivity index (χ4v) is 4.13. The molecule has 0 unspecified atom stereocenters. The van der Waals surface area contributed by atoms with Gasteiger partial charge in [0, 0.05) is 22.0 Å². The van der Waals surface area contributed by atoms with Crippen LogP contribution in [0.5, 0.6) is 11.5 Å². The van der Waals surface area contributed by atoms with Gasteiger partial charge in [0.1, 0.15) is 0 Å². The molecule has 8 heteroatoms. The summed E-state index contributed by atoms with van der Waals surface area (Å²) in [6, 6.07) is 10.8. The van der Waals surface area contributed by atoms with Crippen molar-refractivity contribution in [1.29, 1.82) is 0 Å². The van der Waals surface area contributed by atoms with Gasteiger partial charge in [0.15, 0.2) is 16.6 Å². The van der Waals surface area contributed by atoms with Crippen molar-refractivity contribution in [2.75, 3.05) is 19.0 Å². The van der Waals surface area contributed by atoms with E-state index < -0.39 is 0 Å². The Kier molecular flexibility index (Phi) is 8.97. The van der Waals surface area contributed by atoms with Crippen LogP contribution >= 0.6 is 34.5 Å². The zero-order valence-electron chi connectivity index (χ0n) is 17.9. The first-order valence-electron chi connectivity index (χ1n) is 10.2. The van der Waals surface area contributed by atoms with E-state index in [9.17, 15) is 4.79 Å². The number of anilines is 1. The van der Waals surface area contributed by atoms with E-state index in [1.165, 1.54) is 17.4 Å². The first-order chi connectivity index (χ1) is 15.5. The molecule has 0 aliphatic rings. The number of carbonyl (C=O) groups is 1. The number of aromatic nitrogens is 1. The number of halogens is 2. The molecule has 0 fully saturated rings. The molecule has 0 aliphatic carbocycles. The highest BCUT2D eigenvalue weighted by atomic mass is 35.5. The van der Waals surface area contributed by atoms with E-state index in [-0.39, 0.29) is 5.91 Å². The Bertz CT molecular complexity index is 1100. The molecule has 0 bridgehead atoms. The predicted octanol–water partition coefficient (Wildman–Crippen LogP) is 7.35. The van der Waals surface area contributed by atoms with Crippen molar-refractivity contribution in [3.8, 4) is 22.8 Å². The first-order valence-corrected chi connectivity index (χ1v) is 11.8. The molecule has 1 amide bonds. The van der Waals surface area contributed by atoms with Gasteiger partial charge in [-0.05, 0) is 48.4 Å². The zero-order chi connectivity index (χ0) is 22.9. The highest BCUT2D eigenvalue weighted by Gasteiger charge is 2.10. The number of unbranched alkanes of at least 4 members (excludes halogenated alkanes) is 2. The summed E-state index contributed by atoms with van der Waals surface area (Å²) in [6.07, 6.45) is 6.44. The Hall–Kier alpha value is -2.54. The zero-order valence-corrected chi connectivity index (χ0v) is 20.2. The maximum Gasteiger partial charge on any atom is 0.250 e. The average molecular weight is 491 g/mol. The highest BCUT2D eigenvalue weighted by Crippen LogP contribution is 2.32. The monoisotopic (exact) mass is 490 g/mol. The Morgan fingerprint density at radius 3 is 2.75 bits per heavy atom. The third-order valence-corrected chi connectivity index (χ3v) is 5.87. The molecule has 1 aromatic heterocycles. The predicted molar refractivity (Wildman–Crippen MR) is 133 cm³/mol. The Labute approximate surface area is 202 Å². The molecule has 2 aromatic carbocycles. The maximum atomic E-state index is 12.3. The number of carbonyl (C=O) groups excluding carboxylic acids is 1. The summed E-state index contributed by atoms with van der Waals surface area (Å²) in [5, 5.41) is 6.14. The van der Waals surface area contributed by atoms with Crippen molar-refractivity contribution in [3.63, 3.8) is 0 Å². The first kappa shape index (κ1) is 24.1. The number of hydrogen-bond donors (Lipinski definition) is 1. The lowest BCUT2D eigenvalue weighted by Gasteiger charge is -2.11. The van der Waals surface area contributed by atoms with Crippen LogP contribution in [-0.2, 0) is 4.79 Å². The van der Waals surface area contributed by atoms with Crippen LogP contribution in [0.2, 0.25) is 10.0 Å². The van der Waals surface area contributed by atoms with Crippen LogP contribution in [0.1, 0.15) is 31.7 Å². The van der Waals surface area contributed by atoms with Crippen molar-refractivity contribution < 1.29 is 14.3 Å². The lowest BCUT2D eigenvalue weighted by Crippen LogP contribution is -2.07. The molecule has 1 N–H and O–H groups in total. The van der Waals surface area contributed by atoms with Gasteiger partial charge in [0.05, 0.1) is 24.4 Å². The molecule has 0 saturated heterocycles. The Morgan fingerprint density at radius 2 is 2.00 bits per heavy atom. The second-order valence-corrected chi connectivity index (χ2v) is 8.65. The molecule has 0 radical (unpaired) electrons. The molecule has 3 rings (SSSR count). The fourth-order valence-electron chi connectivity index (χ4n) is 2.91. The molecule has 0 aliphatic heterocycles. The summed E-state index contributed by atoms with van der Waals surface area (Å²) in [7, 11) is 1.60. The molecule has 0 spiro atoms. The molecular weight excluding hydrogens is 467 g/mol. The van der Waals surface area contributed by atoms with Crippen LogP contribution in [0.15, 0.2) is 47.9 Å². The van der Waals surface area contributed by atoms with Gasteiger partial charge in [0.2, 0.25) is 5.91 Å². The standard InChI is InChI=1S/C24H24Cl2N2O3S/c1-3-4-5-12-31-21-10-6-16(13-22(21)30-2)7-11-23(29)28-24-27-20(15-32-24)18-9-8-17(25)14-19(18)26/h6-11,13-15H,3-5,12H2,1-2H3,(H,27,28,29)/b11-7+. The van der Waals surface area contributed by atoms with Crippen molar-refractivity contribution in [2.24, 2.45) is 0 Å². The van der Waals surface area contributed by atoms with Gasteiger partial charge < -0.3 is 9.47 Å². The van der Waals surface area contributed by atoms with Crippen LogP contribution in [0.3, 0.4) is 0 Å². The lowest BCUT2D eigenvalue weighted by molar-refractivity contribution is -0.111. The number of hydrogen-bond acceptors (Lipinski definition) is 5. The van der Waals surface area contributed by atoms with Crippen LogP contribution < -0.4 is 14.8 Å². The van der Waals surface area contributed by atoms with Gasteiger partial charge in [-0.2, -0.15) is 0 Å². The topological polar surface area (TPSA) is 60.5 Å². The quantitative estimate of drug-likeness (QED) is 0.238. The minimum atomic E-state index is -0.285. The van der Waals surface area contributed by atoms with Crippen LogP contribution in [0.25, 0.3) is 17.3 Å². The summed E-state index contributed by atoms with van der Waals surface area (Å²) in [4.78, 5) is 16.8. The largest absolute Gasteiger partial charge is 0.493 e. The summed E-state index contributed by atoms with van der Waals surface area (Å²) >= 11 is 13.5. The van der Waals surface area contributed by atoms with E-state index in [2.05, 4.69) is 17.2 Å². The fraction of sp³-hybridized carbons (Fsp3) is 0.250. The Morgan fingerprint density at radius 1 is 1.16 bits per heavy atom. The molecule has 1 heterocycles. The molecule has 32 heavy (non-hydrogen) atoms. The van der Waals surface area contributed by atoms with E-state index in [0.717, 1.165) is 30.4 Å². The minimum absolute atomic E-state index is 0.285. The Balaban J connectivity index is 1.61. The van der Waals surface area contributed by atoms with Crippen LogP contribution in [0.4, 0.5) is 5.13 Å². The summed E-state index contributed by atoms with van der Waals surface area (Å²) in [6.45, 7) is 2.80. The van der Waals surface area contributed by atoms with E-state index >= 15 is 0 Å². The summed E-state index contributed by atoms with van der Waals surface area (Å²) in [5.41, 5.74) is 2.26. The smallest absolute Gasteiger partial charge is 0.250 e. The molecule has 5 nitrogen and oxygen atoms in total. The van der Waals surface area contributed by atoms with Gasteiger partial charge in [-0.25, -0.2) is 4.98 Å². The average Bonchev–Trinajstić information content (AvgIpc) is 3.23. The number of amides is 1. The maximum absolute atomic E-state index is 12.3. The molecule has 3 aromatic rings. The van der Waals surface area contributed by atoms with Crippen molar-refractivity contribution in [2.45, 2.75) is 26.2 Å². The van der Waals surface area contributed by atoms with Gasteiger partial charge in [-0.1, -0.05) is 49.0 Å². The SMILES string of the molecule is CCCCCOc1ccc(/C=C/C(=O)Nc2nc(-c3ccc(Cl)cc3Cl)cs2)cc1OC. The number of nitrogens with zero attached hydrogens (tertiary/aromatic N) is 1. The highest BCUT2D eigenvalue weighted by molar-refractivity contribution is 7.14. The van der Waals surface area contributed by atoms with Gasteiger partial charge in [-0.3, -0.25) is 10.1 Å². The number of nitrogens with one attached hydrogen (secondary N) is 1. The summed E-state index contributed by atoms with van der Waals surface area (Å²) in [5.74, 6) is 1.04. The molecule has 168 valence electrons. The third-order valence-electron chi connectivity index (χ3n) is 4.56. The third kappa shape index (κ3) is 6.73. The number of rotatable bonds is 10. The molecular formula is C24H24Cl2N2O3S. The molecule has 0 saturated carbocycles. The van der Waals surface area contributed by atoms with Crippen LogP contribution in [-0.4, -0.2) is 24.6 Å². The number of benzene rings is 2. The second-order valence-electron chi connectivity index (χ2n) is 6.95. The van der Waals surface area contributed by atoms with E-state index in [4.69, 9.17) is 32.7 Å². The number of thiazole rings is 1. The lowest BCUT2D eigenvalue weighted by atomic mass is 10.2. The molecule has 0 atom stereocenters. The summed E-state index contributed by atoms with van der Waals surface area (Å²) < 4.78 is 11.2. The van der Waals surface area contributed by atoms with Gasteiger partial charge in [-0.15, -0.1) is 11.3 Å². The number of ether oxygens (including phenoxy) is 2. The number of methoxy groups -OCH3 is 1. The van der Waals surface area contributed by atoms with Crippen LogP contribution in [0, 0.1) is 0 Å². The normalized spacial score (nSPS) is 11.0. The van der Waals surface area contributed by atoms with Gasteiger partial charge in [0.25, 0.3) is 0 Å². The van der Waals surface area contributed by atoms with Crippen molar-refractivity contribution >= 4 is 51.7 Å². The van der Waals surface area contributed by atoms with E-state index in [0.29, 0.717) is 39.0 Å².